The molecule has 180 valence electrons. The fraction of sp³-hybridized carbons (Fsp3) is 0.333. The summed E-state index contributed by atoms with van der Waals surface area (Å²) >= 11 is 0. The molecule has 1 fully saturated rings. The number of nitrogens with zero attached hydrogens (tertiary/aromatic N) is 3. The van der Waals surface area contributed by atoms with Crippen LogP contribution in [0.2, 0.25) is 0 Å². The lowest BCUT2D eigenvalue weighted by Gasteiger charge is -2.26. The molecular weight excluding hydrogens is 465 g/mol. The predicted octanol–water partition coefficient (Wildman–Crippen LogP) is 3.25. The zero-order valence-corrected chi connectivity index (χ0v) is 17.6. The summed E-state index contributed by atoms with van der Waals surface area (Å²) in [5.74, 6) is -3.14. The number of benzene rings is 1. The molecule has 1 aliphatic rings. The molecule has 1 aromatic carbocycles. The summed E-state index contributed by atoms with van der Waals surface area (Å²) in [5.41, 5.74) is 3.96. The van der Waals surface area contributed by atoms with Crippen LogP contribution in [0.25, 0.3) is 11.1 Å². The molecule has 0 radical (unpaired) electrons. The molecule has 0 unspecified atom stereocenters. The lowest BCUT2D eigenvalue weighted by atomic mass is 9.97. The number of ether oxygens (including phenoxy) is 1. The van der Waals surface area contributed by atoms with Crippen LogP contribution in [0.15, 0.2) is 24.4 Å². The van der Waals surface area contributed by atoms with E-state index in [2.05, 4.69) is 4.98 Å². The maximum Gasteiger partial charge on any atom is 0.408 e. The molecule has 1 aromatic heterocycles. The molecule has 34 heavy (non-hydrogen) atoms. The molecule has 1 saturated heterocycles. The lowest BCUT2D eigenvalue weighted by Crippen LogP contribution is -2.43. The lowest BCUT2D eigenvalue weighted by molar-refractivity contribution is -0.149. The Morgan fingerprint density at radius 2 is 1.94 bits per heavy atom. The van der Waals surface area contributed by atoms with Gasteiger partial charge in [0.15, 0.2) is 0 Å². The minimum absolute atomic E-state index is 0.0439. The molecule has 2 heterocycles. The molecule has 0 spiro atoms. The van der Waals surface area contributed by atoms with Gasteiger partial charge < -0.3 is 20.7 Å². The first-order valence-corrected chi connectivity index (χ1v) is 9.89. The molecule has 2 aromatic rings. The number of pyridine rings is 1. The number of nitriles is 1. The van der Waals surface area contributed by atoms with Crippen LogP contribution >= 0.6 is 0 Å². The van der Waals surface area contributed by atoms with E-state index in [0.717, 1.165) is 25.3 Å². The monoisotopic (exact) mass is 483 g/mol. The van der Waals surface area contributed by atoms with E-state index in [0.29, 0.717) is 6.07 Å². The normalized spacial score (nSPS) is 16.6. The second kappa shape index (κ2) is 9.50. The third kappa shape index (κ3) is 5.33. The van der Waals surface area contributed by atoms with Crippen LogP contribution in [0.4, 0.5) is 32.4 Å². The number of hydrogen-bond donors (Lipinski definition) is 2. The van der Waals surface area contributed by atoms with E-state index in [1.165, 1.54) is 4.90 Å². The molecule has 2 atom stereocenters. The number of nitrogens with two attached hydrogens (primary N) is 1. The molecular formula is C21H18F5N5O3. The van der Waals surface area contributed by atoms with Crippen LogP contribution in [0.5, 0.6) is 0 Å². The third-order valence-corrected chi connectivity index (χ3v) is 5.14. The van der Waals surface area contributed by atoms with Crippen molar-refractivity contribution in [2.24, 2.45) is 5.73 Å². The third-order valence-electron chi connectivity index (χ3n) is 5.14. The van der Waals surface area contributed by atoms with Crippen molar-refractivity contribution in [3.63, 3.8) is 0 Å². The summed E-state index contributed by atoms with van der Waals surface area (Å²) in [7, 11) is 0. The first-order chi connectivity index (χ1) is 15.9. The van der Waals surface area contributed by atoms with Crippen LogP contribution in [0.1, 0.15) is 29.4 Å². The van der Waals surface area contributed by atoms with Gasteiger partial charge in [0.25, 0.3) is 5.91 Å². The van der Waals surface area contributed by atoms with Gasteiger partial charge in [0.2, 0.25) is 0 Å². The van der Waals surface area contributed by atoms with Crippen LogP contribution < -0.4 is 16.0 Å². The van der Waals surface area contributed by atoms with Crippen molar-refractivity contribution in [3.05, 3.63) is 47.3 Å². The van der Waals surface area contributed by atoms with E-state index in [1.807, 2.05) is 5.32 Å². The molecule has 0 aliphatic carbocycles. The van der Waals surface area contributed by atoms with Crippen molar-refractivity contribution in [2.75, 3.05) is 18.0 Å². The maximum atomic E-state index is 14.0. The summed E-state index contributed by atoms with van der Waals surface area (Å²) < 4.78 is 72.0. The number of rotatable bonds is 5. The predicted molar refractivity (Wildman–Crippen MR) is 109 cm³/mol. The van der Waals surface area contributed by atoms with Gasteiger partial charge in [-0.1, -0.05) is 0 Å². The average Bonchev–Trinajstić information content (AvgIpc) is 3.18. The first-order valence-electron chi connectivity index (χ1n) is 9.89. The Kier molecular flexibility index (Phi) is 6.90. The standard InChI is InChI=1S/C21H18F5N5O3/c1-10(21(24,25)26)30-19(32)15-8-29-16(7-27)17(11-4-12(22)6-13(23)5-11)18(15)31-3-2-14(9-31)34-20(28)33/h4-6,8,10,14H,2-3,9H2,1H3,(H2,28,33)(H,30,32)/t10-,14-/m0/s1. The van der Waals surface area contributed by atoms with Gasteiger partial charge in [-0.15, -0.1) is 0 Å². The van der Waals surface area contributed by atoms with Crippen molar-refractivity contribution in [1.82, 2.24) is 10.3 Å². The van der Waals surface area contributed by atoms with E-state index in [9.17, 15) is 36.8 Å². The number of hydrogen-bond acceptors (Lipinski definition) is 6. The molecule has 8 nitrogen and oxygen atoms in total. The van der Waals surface area contributed by atoms with Gasteiger partial charge in [0.05, 0.1) is 17.8 Å². The van der Waals surface area contributed by atoms with Gasteiger partial charge in [-0.25, -0.2) is 18.6 Å². The Bertz CT molecular complexity index is 1140. The highest BCUT2D eigenvalue weighted by molar-refractivity contribution is 6.04. The highest BCUT2D eigenvalue weighted by Crippen LogP contribution is 2.39. The van der Waals surface area contributed by atoms with E-state index >= 15 is 0 Å². The Labute approximate surface area is 190 Å². The molecule has 3 N–H and O–H groups in total. The number of nitrogens with one attached hydrogen (secondary N) is 1. The summed E-state index contributed by atoms with van der Waals surface area (Å²) in [6.07, 6.45) is -5.36. The maximum absolute atomic E-state index is 14.0. The number of aromatic nitrogens is 1. The Balaban J connectivity index is 2.19. The van der Waals surface area contributed by atoms with E-state index < -0.39 is 42.0 Å². The summed E-state index contributed by atoms with van der Waals surface area (Å²) in [4.78, 5) is 29.3. The smallest absolute Gasteiger partial charge is 0.408 e. The summed E-state index contributed by atoms with van der Waals surface area (Å²) in [6.45, 7) is 0.828. The van der Waals surface area contributed by atoms with Gasteiger partial charge in [-0.3, -0.25) is 4.79 Å². The minimum Gasteiger partial charge on any atom is -0.444 e. The second-order valence-corrected chi connectivity index (χ2v) is 7.54. The van der Waals surface area contributed by atoms with Crippen molar-refractivity contribution in [3.8, 4) is 17.2 Å². The van der Waals surface area contributed by atoms with Crippen molar-refractivity contribution in [2.45, 2.75) is 31.7 Å². The Morgan fingerprint density at radius 3 is 2.50 bits per heavy atom. The molecule has 3 rings (SSSR count). The fourth-order valence-electron chi connectivity index (χ4n) is 3.60. The van der Waals surface area contributed by atoms with E-state index in [-0.39, 0.29) is 47.6 Å². The number of primary amides is 1. The van der Waals surface area contributed by atoms with Crippen molar-refractivity contribution < 1.29 is 36.3 Å². The van der Waals surface area contributed by atoms with Gasteiger partial charge in [-0.05, 0) is 24.6 Å². The molecule has 13 heteroatoms. The zero-order chi connectivity index (χ0) is 25.2. The highest BCUT2D eigenvalue weighted by Gasteiger charge is 2.38. The number of anilines is 1. The van der Waals surface area contributed by atoms with Crippen LogP contribution in [0.3, 0.4) is 0 Å². The number of carbonyl (C=O) groups is 2. The van der Waals surface area contributed by atoms with E-state index in [1.54, 1.807) is 6.07 Å². The number of alkyl halides is 3. The van der Waals surface area contributed by atoms with Gasteiger partial charge in [0, 0.05) is 30.8 Å². The second-order valence-electron chi connectivity index (χ2n) is 7.54. The molecule has 0 saturated carbocycles. The summed E-state index contributed by atoms with van der Waals surface area (Å²) in [5, 5.41) is 11.4. The van der Waals surface area contributed by atoms with Crippen LogP contribution in [0, 0.1) is 23.0 Å². The summed E-state index contributed by atoms with van der Waals surface area (Å²) in [6, 6.07) is 1.95. The molecule has 0 bridgehead atoms. The first kappa shape index (κ1) is 24.7. The van der Waals surface area contributed by atoms with Crippen molar-refractivity contribution >= 4 is 17.7 Å². The average molecular weight is 483 g/mol. The number of carbonyl (C=O) groups excluding carboxylic acids is 2. The Hall–Kier alpha value is -3.95. The van der Waals surface area contributed by atoms with Gasteiger partial charge >= 0.3 is 12.3 Å². The van der Waals surface area contributed by atoms with E-state index in [4.69, 9.17) is 10.5 Å². The largest absolute Gasteiger partial charge is 0.444 e. The van der Waals surface area contributed by atoms with Crippen molar-refractivity contribution in [1.29, 1.82) is 5.26 Å². The molecule has 1 aliphatic heterocycles. The number of halogens is 5. The zero-order valence-electron chi connectivity index (χ0n) is 17.6. The minimum atomic E-state index is -4.74. The molecule has 2 amide bonds. The van der Waals surface area contributed by atoms with Crippen LogP contribution in [-0.2, 0) is 4.74 Å². The van der Waals surface area contributed by atoms with Gasteiger partial charge in [0.1, 0.15) is 35.5 Å². The quantitative estimate of drug-likeness (QED) is 0.630. The fourth-order valence-corrected chi connectivity index (χ4v) is 3.60. The highest BCUT2D eigenvalue weighted by atomic mass is 19.4. The topological polar surface area (TPSA) is 121 Å². The van der Waals surface area contributed by atoms with Gasteiger partial charge in [-0.2, -0.15) is 18.4 Å². The SMILES string of the molecule is C[C@H](NC(=O)c1cnc(C#N)c(-c2cc(F)cc(F)c2)c1N1CC[C@H](OC(N)=O)C1)C(F)(F)F. The number of amides is 2. The van der Waals surface area contributed by atoms with Crippen LogP contribution in [-0.4, -0.2) is 48.4 Å². The Morgan fingerprint density at radius 1 is 1.29 bits per heavy atom.